The van der Waals surface area contributed by atoms with E-state index in [0.717, 1.165) is 18.9 Å². The van der Waals surface area contributed by atoms with Crippen LogP contribution in [0.2, 0.25) is 0 Å². The third-order valence-corrected chi connectivity index (χ3v) is 2.76. The quantitative estimate of drug-likeness (QED) is 0.617. The van der Waals surface area contributed by atoms with Gasteiger partial charge in [-0.2, -0.15) is 0 Å². The highest BCUT2D eigenvalue weighted by atomic mass is 16.6. The number of nitro benzene ring substituents is 1. The van der Waals surface area contributed by atoms with Gasteiger partial charge in [0.2, 0.25) is 0 Å². The molecule has 0 heterocycles. The summed E-state index contributed by atoms with van der Waals surface area (Å²) in [6.45, 7) is 1.62. The van der Waals surface area contributed by atoms with Crippen LogP contribution >= 0.6 is 0 Å². The molecule has 0 aliphatic heterocycles. The van der Waals surface area contributed by atoms with Crippen molar-refractivity contribution >= 4 is 17.3 Å². The first kappa shape index (κ1) is 11.4. The molecule has 0 spiro atoms. The number of nitrogens with zero attached hydrogens (tertiary/aromatic N) is 1. The lowest BCUT2D eigenvalue weighted by Crippen LogP contribution is -2.07. The highest BCUT2D eigenvalue weighted by Crippen LogP contribution is 2.32. The summed E-state index contributed by atoms with van der Waals surface area (Å²) in [5.41, 5.74) is 0.796. The van der Waals surface area contributed by atoms with Gasteiger partial charge in [0.1, 0.15) is 0 Å². The maximum atomic E-state index is 10.9. The van der Waals surface area contributed by atoms with E-state index in [2.05, 4.69) is 5.32 Å². The van der Waals surface area contributed by atoms with Gasteiger partial charge in [0.25, 0.3) is 5.69 Å². The second-order valence-electron chi connectivity index (χ2n) is 4.15. The number of rotatable bonds is 4. The van der Waals surface area contributed by atoms with Gasteiger partial charge in [-0.05, 0) is 25.8 Å². The van der Waals surface area contributed by atoms with Crippen LogP contribution in [0.3, 0.4) is 0 Å². The SMILES string of the molecule is Cc1c(NC2CC2)cc(C(=O)O)cc1[N+](=O)[O-]. The second kappa shape index (κ2) is 4.04. The first-order valence-electron chi connectivity index (χ1n) is 5.28. The molecule has 0 amide bonds. The molecule has 0 radical (unpaired) electrons. The van der Waals surface area contributed by atoms with Crippen molar-refractivity contribution in [2.75, 3.05) is 5.32 Å². The monoisotopic (exact) mass is 236 g/mol. The molecule has 0 unspecified atom stereocenters. The Morgan fingerprint density at radius 2 is 2.18 bits per heavy atom. The molecule has 90 valence electrons. The van der Waals surface area contributed by atoms with Gasteiger partial charge in [-0.25, -0.2) is 4.79 Å². The van der Waals surface area contributed by atoms with E-state index in [9.17, 15) is 14.9 Å². The summed E-state index contributed by atoms with van der Waals surface area (Å²) in [6, 6.07) is 2.86. The smallest absolute Gasteiger partial charge is 0.336 e. The van der Waals surface area contributed by atoms with E-state index in [1.54, 1.807) is 6.92 Å². The molecular weight excluding hydrogens is 224 g/mol. The molecule has 1 saturated carbocycles. The van der Waals surface area contributed by atoms with E-state index in [1.165, 1.54) is 6.07 Å². The predicted octanol–water partition coefficient (Wildman–Crippen LogP) is 2.18. The number of nitro groups is 1. The molecule has 0 saturated heterocycles. The summed E-state index contributed by atoms with van der Waals surface area (Å²) in [6.07, 6.45) is 2.04. The average Bonchev–Trinajstić information content (AvgIpc) is 3.04. The lowest BCUT2D eigenvalue weighted by molar-refractivity contribution is -0.385. The van der Waals surface area contributed by atoms with Crippen LogP contribution in [0.1, 0.15) is 28.8 Å². The van der Waals surface area contributed by atoms with Crippen LogP contribution < -0.4 is 5.32 Å². The zero-order chi connectivity index (χ0) is 12.6. The minimum Gasteiger partial charge on any atom is -0.478 e. The van der Waals surface area contributed by atoms with Crippen molar-refractivity contribution < 1.29 is 14.8 Å². The fraction of sp³-hybridized carbons (Fsp3) is 0.364. The molecule has 1 aliphatic rings. The largest absolute Gasteiger partial charge is 0.478 e. The van der Waals surface area contributed by atoms with Gasteiger partial charge in [-0.3, -0.25) is 10.1 Å². The van der Waals surface area contributed by atoms with Crippen LogP contribution in [-0.4, -0.2) is 22.0 Å². The number of benzene rings is 1. The molecule has 17 heavy (non-hydrogen) atoms. The van der Waals surface area contributed by atoms with Crippen LogP contribution in [0.15, 0.2) is 12.1 Å². The van der Waals surface area contributed by atoms with Crippen molar-refractivity contribution in [2.24, 2.45) is 0 Å². The first-order chi connectivity index (χ1) is 7.99. The van der Waals surface area contributed by atoms with Gasteiger partial charge in [0.05, 0.1) is 10.5 Å². The summed E-state index contributed by atoms with van der Waals surface area (Å²) in [5, 5.41) is 22.8. The molecule has 0 atom stereocenters. The number of anilines is 1. The molecule has 2 N–H and O–H groups in total. The Morgan fingerprint density at radius 1 is 1.53 bits per heavy atom. The normalized spacial score (nSPS) is 14.4. The fourth-order valence-corrected chi connectivity index (χ4v) is 1.61. The van der Waals surface area contributed by atoms with Gasteiger partial charge < -0.3 is 10.4 Å². The van der Waals surface area contributed by atoms with E-state index in [1.807, 2.05) is 0 Å². The summed E-state index contributed by atoms with van der Waals surface area (Å²) in [4.78, 5) is 21.2. The van der Waals surface area contributed by atoms with Crippen molar-refractivity contribution in [3.63, 3.8) is 0 Å². The van der Waals surface area contributed by atoms with E-state index in [4.69, 9.17) is 5.11 Å². The zero-order valence-corrected chi connectivity index (χ0v) is 9.27. The number of nitrogens with one attached hydrogen (secondary N) is 1. The minimum atomic E-state index is -1.16. The number of hydrogen-bond acceptors (Lipinski definition) is 4. The van der Waals surface area contributed by atoms with Crippen molar-refractivity contribution in [2.45, 2.75) is 25.8 Å². The van der Waals surface area contributed by atoms with Crippen molar-refractivity contribution in [1.82, 2.24) is 0 Å². The second-order valence-corrected chi connectivity index (χ2v) is 4.15. The van der Waals surface area contributed by atoms with Crippen molar-refractivity contribution in [1.29, 1.82) is 0 Å². The fourth-order valence-electron chi connectivity index (χ4n) is 1.61. The number of aromatic carboxylic acids is 1. The lowest BCUT2D eigenvalue weighted by Gasteiger charge is -2.09. The molecule has 2 rings (SSSR count). The van der Waals surface area contributed by atoms with Crippen LogP contribution in [0, 0.1) is 17.0 Å². The molecule has 1 fully saturated rings. The Hall–Kier alpha value is -2.11. The molecular formula is C11H12N2O4. The lowest BCUT2D eigenvalue weighted by atomic mass is 10.1. The maximum absolute atomic E-state index is 10.9. The number of carbonyl (C=O) groups is 1. The topological polar surface area (TPSA) is 92.5 Å². The van der Waals surface area contributed by atoms with E-state index < -0.39 is 10.9 Å². The zero-order valence-electron chi connectivity index (χ0n) is 9.27. The molecule has 6 heteroatoms. The Morgan fingerprint density at radius 3 is 2.65 bits per heavy atom. The third kappa shape index (κ3) is 2.35. The minimum absolute atomic E-state index is 0.0644. The molecule has 0 bridgehead atoms. The van der Waals surface area contributed by atoms with Gasteiger partial charge >= 0.3 is 5.97 Å². The van der Waals surface area contributed by atoms with Crippen LogP contribution in [0.5, 0.6) is 0 Å². The van der Waals surface area contributed by atoms with Gasteiger partial charge in [-0.1, -0.05) is 0 Å². The molecule has 1 aromatic rings. The summed E-state index contributed by atoms with van der Waals surface area (Å²) >= 11 is 0. The number of carboxylic acid groups (broad SMARTS) is 1. The molecule has 1 aliphatic carbocycles. The number of carboxylic acids is 1. The Labute approximate surface area is 97.4 Å². The van der Waals surface area contributed by atoms with Crippen LogP contribution in [-0.2, 0) is 0 Å². The van der Waals surface area contributed by atoms with Crippen molar-refractivity contribution in [3.8, 4) is 0 Å². The molecule has 0 aromatic heterocycles. The molecule has 1 aromatic carbocycles. The highest BCUT2D eigenvalue weighted by molar-refractivity contribution is 5.90. The third-order valence-electron chi connectivity index (χ3n) is 2.76. The average molecular weight is 236 g/mol. The Bertz CT molecular complexity index is 494. The number of hydrogen-bond donors (Lipinski definition) is 2. The summed E-state index contributed by atoms with van der Waals surface area (Å²) in [7, 11) is 0. The van der Waals surface area contributed by atoms with E-state index in [-0.39, 0.29) is 11.3 Å². The molecule has 6 nitrogen and oxygen atoms in total. The highest BCUT2D eigenvalue weighted by Gasteiger charge is 2.25. The summed E-state index contributed by atoms with van der Waals surface area (Å²) < 4.78 is 0. The van der Waals surface area contributed by atoms with E-state index in [0.29, 0.717) is 17.3 Å². The summed E-state index contributed by atoms with van der Waals surface area (Å²) in [5.74, 6) is -1.16. The predicted molar refractivity (Wildman–Crippen MR) is 61.4 cm³/mol. The van der Waals surface area contributed by atoms with Crippen LogP contribution in [0.25, 0.3) is 0 Å². The van der Waals surface area contributed by atoms with Gasteiger partial charge in [0, 0.05) is 23.4 Å². The Balaban J connectivity index is 2.47. The maximum Gasteiger partial charge on any atom is 0.336 e. The Kier molecular flexibility index (Phi) is 2.71. The van der Waals surface area contributed by atoms with E-state index >= 15 is 0 Å². The van der Waals surface area contributed by atoms with Gasteiger partial charge in [0.15, 0.2) is 0 Å². The standard InChI is InChI=1S/C11H12N2O4/c1-6-9(12-8-2-3-8)4-7(11(14)15)5-10(6)13(16)17/h4-5,8,12H,2-3H2,1H3,(H,14,15). The van der Waals surface area contributed by atoms with Gasteiger partial charge in [-0.15, -0.1) is 0 Å². The van der Waals surface area contributed by atoms with Crippen LogP contribution in [0.4, 0.5) is 11.4 Å². The van der Waals surface area contributed by atoms with Crippen molar-refractivity contribution in [3.05, 3.63) is 33.4 Å². The first-order valence-corrected chi connectivity index (χ1v) is 5.28.